The van der Waals surface area contributed by atoms with Crippen LogP contribution in [0.15, 0.2) is 24.3 Å². The van der Waals surface area contributed by atoms with Gasteiger partial charge in [0.05, 0.1) is 6.54 Å². The predicted molar refractivity (Wildman–Crippen MR) is 78.5 cm³/mol. The van der Waals surface area contributed by atoms with Gasteiger partial charge in [-0.25, -0.2) is 9.59 Å². The van der Waals surface area contributed by atoms with E-state index in [1.807, 2.05) is 45.0 Å². The van der Waals surface area contributed by atoms with E-state index in [1.165, 1.54) is 4.90 Å². The second kappa shape index (κ2) is 5.63. The van der Waals surface area contributed by atoms with Crippen molar-refractivity contribution in [2.45, 2.75) is 32.9 Å². The minimum absolute atomic E-state index is 0.273. The summed E-state index contributed by atoms with van der Waals surface area (Å²) in [6, 6.07) is 7.32. The highest BCUT2D eigenvalue weighted by atomic mass is 16.6. The van der Waals surface area contributed by atoms with Crippen molar-refractivity contribution in [1.29, 1.82) is 0 Å². The van der Waals surface area contributed by atoms with Crippen LogP contribution in [0.25, 0.3) is 0 Å². The summed E-state index contributed by atoms with van der Waals surface area (Å²) in [5, 5.41) is 9.33. The van der Waals surface area contributed by atoms with Gasteiger partial charge in [-0.1, -0.05) is 12.1 Å². The van der Waals surface area contributed by atoms with Crippen LogP contribution >= 0.6 is 0 Å². The second-order valence-electron chi connectivity index (χ2n) is 5.98. The largest absolute Gasteiger partial charge is 0.465 e. The van der Waals surface area contributed by atoms with E-state index in [-0.39, 0.29) is 12.6 Å². The molecule has 0 aromatic heterocycles. The second-order valence-corrected chi connectivity index (χ2v) is 5.98. The van der Waals surface area contributed by atoms with Gasteiger partial charge in [-0.3, -0.25) is 9.80 Å². The Morgan fingerprint density at radius 1 is 1.43 bits per heavy atom. The lowest BCUT2D eigenvalue weighted by atomic mass is 10.0. The van der Waals surface area contributed by atoms with Crippen molar-refractivity contribution < 1.29 is 19.4 Å². The van der Waals surface area contributed by atoms with Crippen LogP contribution in [0.3, 0.4) is 0 Å². The first-order valence-corrected chi connectivity index (χ1v) is 6.83. The first-order chi connectivity index (χ1) is 9.79. The van der Waals surface area contributed by atoms with Crippen molar-refractivity contribution in [3.63, 3.8) is 0 Å². The highest BCUT2D eigenvalue weighted by molar-refractivity contribution is 5.89. The van der Waals surface area contributed by atoms with Gasteiger partial charge in [0.15, 0.2) is 0 Å². The van der Waals surface area contributed by atoms with Crippen molar-refractivity contribution in [1.82, 2.24) is 4.90 Å². The van der Waals surface area contributed by atoms with E-state index in [1.54, 1.807) is 4.90 Å². The number of anilines is 1. The Morgan fingerprint density at radius 3 is 2.67 bits per heavy atom. The van der Waals surface area contributed by atoms with Gasteiger partial charge in [0.1, 0.15) is 6.61 Å². The molecule has 1 fully saturated rings. The van der Waals surface area contributed by atoms with E-state index in [4.69, 9.17) is 4.74 Å². The van der Waals surface area contributed by atoms with E-state index in [9.17, 15) is 14.7 Å². The van der Waals surface area contributed by atoms with Crippen molar-refractivity contribution in [2.24, 2.45) is 0 Å². The number of ether oxygens (including phenoxy) is 1. The van der Waals surface area contributed by atoms with E-state index >= 15 is 0 Å². The standard InChI is InChI=1S/C15H20N2O4/c1-15(2,3)17(13(18)19)10-11-5-4-6-12(9-11)16-7-8-21-14(16)20/h4-6,9H,7-8,10H2,1-3H3,(H,18,19). The number of cyclic esters (lactones) is 1. The first-order valence-electron chi connectivity index (χ1n) is 6.83. The zero-order valence-corrected chi connectivity index (χ0v) is 12.5. The van der Waals surface area contributed by atoms with Gasteiger partial charge >= 0.3 is 12.2 Å². The molecule has 0 spiro atoms. The van der Waals surface area contributed by atoms with Crippen LogP contribution < -0.4 is 4.90 Å². The third-order valence-electron chi connectivity index (χ3n) is 3.36. The Bertz CT molecular complexity index is 551. The normalized spacial score (nSPS) is 15.0. The molecular formula is C15H20N2O4. The van der Waals surface area contributed by atoms with Crippen LogP contribution in [0, 0.1) is 0 Å². The van der Waals surface area contributed by atoms with Gasteiger partial charge < -0.3 is 9.84 Å². The van der Waals surface area contributed by atoms with Gasteiger partial charge in [0.2, 0.25) is 0 Å². The summed E-state index contributed by atoms with van der Waals surface area (Å²) in [5.41, 5.74) is 1.08. The van der Waals surface area contributed by atoms with Crippen LogP contribution in [0.4, 0.5) is 15.3 Å². The van der Waals surface area contributed by atoms with Crippen molar-refractivity contribution >= 4 is 17.9 Å². The fourth-order valence-electron chi connectivity index (χ4n) is 2.22. The molecule has 0 aliphatic carbocycles. The molecule has 0 radical (unpaired) electrons. The summed E-state index contributed by atoms with van der Waals surface area (Å²) in [7, 11) is 0. The average molecular weight is 292 g/mol. The number of rotatable bonds is 3. The highest BCUT2D eigenvalue weighted by Crippen LogP contribution is 2.23. The number of benzene rings is 1. The van der Waals surface area contributed by atoms with E-state index < -0.39 is 11.6 Å². The van der Waals surface area contributed by atoms with Gasteiger partial charge in [0.25, 0.3) is 0 Å². The number of hydrogen-bond acceptors (Lipinski definition) is 3. The molecule has 0 saturated carbocycles. The average Bonchev–Trinajstić information content (AvgIpc) is 2.81. The first kappa shape index (κ1) is 15.2. The van der Waals surface area contributed by atoms with Crippen LogP contribution in [-0.2, 0) is 11.3 Å². The number of nitrogens with zero attached hydrogens (tertiary/aromatic N) is 2. The summed E-state index contributed by atoms with van der Waals surface area (Å²) in [6.45, 7) is 6.72. The molecular weight excluding hydrogens is 272 g/mol. The number of carboxylic acid groups (broad SMARTS) is 1. The number of carbonyl (C=O) groups excluding carboxylic acids is 1. The lowest BCUT2D eigenvalue weighted by Gasteiger charge is -2.33. The molecule has 1 N–H and O–H groups in total. The van der Waals surface area contributed by atoms with Gasteiger partial charge in [-0.05, 0) is 38.5 Å². The topological polar surface area (TPSA) is 70.1 Å². The maximum atomic E-state index is 11.6. The van der Waals surface area contributed by atoms with E-state index in [0.29, 0.717) is 13.2 Å². The van der Waals surface area contributed by atoms with Crippen LogP contribution in [-0.4, -0.2) is 40.9 Å². The third-order valence-corrected chi connectivity index (χ3v) is 3.36. The molecule has 2 rings (SSSR count). The molecule has 1 saturated heterocycles. The summed E-state index contributed by atoms with van der Waals surface area (Å²) >= 11 is 0. The zero-order chi connectivity index (χ0) is 15.6. The Balaban J connectivity index is 2.21. The van der Waals surface area contributed by atoms with Crippen LogP contribution in [0.5, 0.6) is 0 Å². The highest BCUT2D eigenvalue weighted by Gasteiger charge is 2.27. The predicted octanol–water partition coefficient (Wildman–Crippen LogP) is 2.92. The molecule has 1 aromatic rings. The maximum absolute atomic E-state index is 11.6. The van der Waals surface area contributed by atoms with Crippen LogP contribution in [0.1, 0.15) is 26.3 Å². The molecule has 1 aliphatic rings. The lowest BCUT2D eigenvalue weighted by molar-refractivity contribution is 0.0955. The smallest absolute Gasteiger partial charge is 0.414 e. The molecule has 0 bridgehead atoms. The Labute approximate surface area is 123 Å². The monoisotopic (exact) mass is 292 g/mol. The zero-order valence-electron chi connectivity index (χ0n) is 12.5. The summed E-state index contributed by atoms with van der Waals surface area (Å²) < 4.78 is 4.92. The van der Waals surface area contributed by atoms with Crippen LogP contribution in [0.2, 0.25) is 0 Å². The fraction of sp³-hybridized carbons (Fsp3) is 0.467. The summed E-state index contributed by atoms with van der Waals surface area (Å²) in [5.74, 6) is 0. The molecule has 21 heavy (non-hydrogen) atoms. The Hall–Kier alpha value is -2.24. The van der Waals surface area contributed by atoms with Crippen molar-refractivity contribution in [2.75, 3.05) is 18.1 Å². The molecule has 0 atom stereocenters. The number of hydrogen-bond donors (Lipinski definition) is 1. The summed E-state index contributed by atoms with van der Waals surface area (Å²) in [6.07, 6.45) is -1.33. The van der Waals surface area contributed by atoms with Crippen molar-refractivity contribution in [3.05, 3.63) is 29.8 Å². The molecule has 114 valence electrons. The molecule has 1 aromatic carbocycles. The fourth-order valence-corrected chi connectivity index (χ4v) is 2.22. The van der Waals surface area contributed by atoms with Gasteiger partial charge in [-0.15, -0.1) is 0 Å². The molecule has 6 nitrogen and oxygen atoms in total. The van der Waals surface area contributed by atoms with E-state index in [0.717, 1.165) is 11.3 Å². The SMILES string of the molecule is CC(C)(C)N(Cc1cccc(N2CCOC2=O)c1)C(=O)O. The number of amides is 2. The molecule has 0 unspecified atom stereocenters. The minimum atomic E-state index is -0.964. The number of carbonyl (C=O) groups is 2. The van der Waals surface area contributed by atoms with E-state index in [2.05, 4.69) is 0 Å². The Kier molecular flexibility index (Phi) is 4.06. The molecule has 1 heterocycles. The lowest BCUT2D eigenvalue weighted by Crippen LogP contribution is -2.44. The maximum Gasteiger partial charge on any atom is 0.414 e. The van der Waals surface area contributed by atoms with Gasteiger partial charge in [-0.2, -0.15) is 0 Å². The van der Waals surface area contributed by atoms with Crippen molar-refractivity contribution in [3.8, 4) is 0 Å². The van der Waals surface area contributed by atoms with Gasteiger partial charge in [0, 0.05) is 17.8 Å². The third kappa shape index (κ3) is 3.45. The quantitative estimate of drug-likeness (QED) is 0.930. The minimum Gasteiger partial charge on any atom is -0.465 e. The Morgan fingerprint density at radius 2 is 2.14 bits per heavy atom. The summed E-state index contributed by atoms with van der Waals surface area (Å²) in [4.78, 5) is 25.9. The molecule has 6 heteroatoms. The molecule has 2 amide bonds. The molecule has 1 aliphatic heterocycles.